The summed E-state index contributed by atoms with van der Waals surface area (Å²) in [6.45, 7) is 0. The molecule has 0 saturated heterocycles. The Balaban J connectivity index is 1.95. The van der Waals surface area contributed by atoms with E-state index in [9.17, 15) is 9.59 Å². The second-order valence-electron chi connectivity index (χ2n) is 5.33. The summed E-state index contributed by atoms with van der Waals surface area (Å²) in [6.07, 6.45) is 8.20. The Labute approximate surface area is 122 Å². The van der Waals surface area contributed by atoms with Crippen LogP contribution in [0.5, 0.6) is 0 Å². The maximum atomic E-state index is 12.1. The fraction of sp³-hybridized carbons (Fsp3) is 0.0526. The van der Waals surface area contributed by atoms with Crippen molar-refractivity contribution >= 4 is 28.4 Å². The Kier molecular flexibility index (Phi) is 2.51. The third-order valence-electron chi connectivity index (χ3n) is 4.09. The van der Waals surface area contributed by atoms with Crippen LogP contribution in [0.4, 0.5) is 0 Å². The molecular formula is C19H12O2. The van der Waals surface area contributed by atoms with Gasteiger partial charge in [-0.15, -0.1) is 0 Å². The molecule has 1 atom stereocenters. The van der Waals surface area contributed by atoms with E-state index in [1.807, 2.05) is 30.4 Å². The van der Waals surface area contributed by atoms with Gasteiger partial charge in [-0.25, -0.2) is 0 Å². The molecule has 1 unspecified atom stereocenters. The summed E-state index contributed by atoms with van der Waals surface area (Å²) in [6, 6.07) is 12.3. The molecule has 0 saturated carbocycles. The molecule has 0 amide bonds. The van der Waals surface area contributed by atoms with Gasteiger partial charge < -0.3 is 0 Å². The topological polar surface area (TPSA) is 34.1 Å². The number of hydrogen-bond donors (Lipinski definition) is 0. The molecule has 4 rings (SSSR count). The Morgan fingerprint density at radius 2 is 1.67 bits per heavy atom. The summed E-state index contributed by atoms with van der Waals surface area (Å²) < 4.78 is 0. The minimum absolute atomic E-state index is 0.0827. The number of ketones is 2. The van der Waals surface area contributed by atoms with E-state index in [2.05, 4.69) is 18.2 Å². The van der Waals surface area contributed by atoms with E-state index in [1.165, 1.54) is 23.6 Å². The van der Waals surface area contributed by atoms with Crippen molar-refractivity contribution in [2.75, 3.05) is 0 Å². The van der Waals surface area contributed by atoms with E-state index in [0.29, 0.717) is 5.57 Å². The van der Waals surface area contributed by atoms with Gasteiger partial charge >= 0.3 is 0 Å². The van der Waals surface area contributed by atoms with Crippen molar-refractivity contribution in [1.82, 2.24) is 0 Å². The van der Waals surface area contributed by atoms with Gasteiger partial charge in [0.05, 0.1) is 0 Å². The fourth-order valence-electron chi connectivity index (χ4n) is 3.14. The second-order valence-corrected chi connectivity index (χ2v) is 5.33. The van der Waals surface area contributed by atoms with E-state index < -0.39 is 0 Å². The highest BCUT2D eigenvalue weighted by Gasteiger charge is 2.26. The predicted molar refractivity (Wildman–Crippen MR) is 83.0 cm³/mol. The summed E-state index contributed by atoms with van der Waals surface area (Å²) in [5.74, 6) is -0.352. The van der Waals surface area contributed by atoms with E-state index in [0.717, 1.165) is 16.5 Å². The molecule has 2 aliphatic rings. The lowest BCUT2D eigenvalue weighted by molar-refractivity contribution is -0.114. The zero-order chi connectivity index (χ0) is 14.4. The van der Waals surface area contributed by atoms with Crippen LogP contribution >= 0.6 is 0 Å². The Hall–Kier alpha value is -2.74. The molecule has 0 N–H and O–H groups in total. The van der Waals surface area contributed by atoms with Crippen LogP contribution in [0.25, 0.3) is 16.8 Å². The molecule has 0 aromatic heterocycles. The van der Waals surface area contributed by atoms with Crippen LogP contribution in [-0.4, -0.2) is 11.6 Å². The lowest BCUT2D eigenvalue weighted by atomic mass is 9.79. The third-order valence-corrected chi connectivity index (χ3v) is 4.09. The van der Waals surface area contributed by atoms with Crippen LogP contribution in [0.2, 0.25) is 0 Å². The van der Waals surface area contributed by atoms with Crippen LogP contribution in [0, 0.1) is 0 Å². The molecule has 100 valence electrons. The summed E-state index contributed by atoms with van der Waals surface area (Å²) in [7, 11) is 0. The van der Waals surface area contributed by atoms with Gasteiger partial charge in [0, 0.05) is 11.5 Å². The summed E-state index contributed by atoms with van der Waals surface area (Å²) in [4.78, 5) is 23.7. The maximum Gasteiger partial charge on any atom is 0.183 e. The van der Waals surface area contributed by atoms with Gasteiger partial charge in [-0.1, -0.05) is 48.6 Å². The third kappa shape index (κ3) is 1.80. The number of hydrogen-bond acceptors (Lipinski definition) is 2. The van der Waals surface area contributed by atoms with Gasteiger partial charge in [-0.05, 0) is 40.1 Å². The largest absolute Gasteiger partial charge is 0.290 e. The highest BCUT2D eigenvalue weighted by molar-refractivity contribution is 6.18. The Bertz CT molecular complexity index is 876. The molecular weight excluding hydrogens is 260 g/mol. The lowest BCUT2D eigenvalue weighted by Crippen LogP contribution is -2.15. The lowest BCUT2D eigenvalue weighted by Gasteiger charge is -2.23. The van der Waals surface area contributed by atoms with Crippen LogP contribution < -0.4 is 0 Å². The first kappa shape index (κ1) is 12.0. The number of carbonyl (C=O) groups excluding carboxylic acids is 2. The average molecular weight is 272 g/mol. The van der Waals surface area contributed by atoms with Gasteiger partial charge in [0.1, 0.15) is 0 Å². The van der Waals surface area contributed by atoms with Gasteiger partial charge in [0.2, 0.25) is 0 Å². The monoisotopic (exact) mass is 272 g/mol. The van der Waals surface area contributed by atoms with Crippen molar-refractivity contribution in [3.63, 3.8) is 0 Å². The first-order chi connectivity index (χ1) is 10.2. The summed E-state index contributed by atoms with van der Waals surface area (Å²) in [5, 5.41) is 2.33. The van der Waals surface area contributed by atoms with Crippen molar-refractivity contribution in [3.8, 4) is 0 Å². The van der Waals surface area contributed by atoms with Crippen LogP contribution in [0.1, 0.15) is 17.0 Å². The highest BCUT2D eigenvalue weighted by Crippen LogP contribution is 2.39. The molecule has 0 fully saturated rings. The molecule has 0 bridgehead atoms. The van der Waals surface area contributed by atoms with Gasteiger partial charge in [0.25, 0.3) is 0 Å². The number of rotatable bonds is 1. The maximum absolute atomic E-state index is 12.1. The minimum atomic E-state index is -0.148. The van der Waals surface area contributed by atoms with Crippen LogP contribution in [0.15, 0.2) is 66.3 Å². The zero-order valence-electron chi connectivity index (χ0n) is 11.2. The molecule has 0 heterocycles. The molecule has 2 aromatic rings. The van der Waals surface area contributed by atoms with Crippen molar-refractivity contribution in [2.45, 2.75) is 5.92 Å². The second kappa shape index (κ2) is 4.38. The smallest absolute Gasteiger partial charge is 0.183 e. The van der Waals surface area contributed by atoms with E-state index in [-0.39, 0.29) is 17.5 Å². The highest BCUT2D eigenvalue weighted by atomic mass is 16.1. The molecule has 0 aliphatic heterocycles. The van der Waals surface area contributed by atoms with Crippen molar-refractivity contribution in [3.05, 3.63) is 77.4 Å². The van der Waals surface area contributed by atoms with Crippen molar-refractivity contribution in [1.29, 1.82) is 0 Å². The summed E-state index contributed by atoms with van der Waals surface area (Å²) in [5.41, 5.74) is 2.80. The summed E-state index contributed by atoms with van der Waals surface area (Å²) >= 11 is 0. The van der Waals surface area contributed by atoms with Crippen LogP contribution in [-0.2, 0) is 9.59 Å². The first-order valence-corrected chi connectivity index (χ1v) is 6.92. The Morgan fingerprint density at radius 3 is 2.52 bits per heavy atom. The van der Waals surface area contributed by atoms with Crippen LogP contribution in [0.3, 0.4) is 0 Å². The molecule has 2 aliphatic carbocycles. The number of allylic oxidation sites excluding steroid dienone is 5. The standard InChI is InChI=1S/C19H12O2/c20-14-8-10-18(21)17(11-14)15-9-7-13-4-1-3-12-5-2-6-16(15)19(12)13/h1-11,15H. The van der Waals surface area contributed by atoms with Crippen molar-refractivity contribution in [2.24, 2.45) is 0 Å². The molecule has 2 heteroatoms. The van der Waals surface area contributed by atoms with E-state index in [4.69, 9.17) is 0 Å². The van der Waals surface area contributed by atoms with Gasteiger partial charge in [0.15, 0.2) is 11.6 Å². The molecule has 0 spiro atoms. The fourth-order valence-corrected chi connectivity index (χ4v) is 3.14. The quantitative estimate of drug-likeness (QED) is 0.743. The zero-order valence-corrected chi connectivity index (χ0v) is 11.2. The van der Waals surface area contributed by atoms with Gasteiger partial charge in [-0.2, -0.15) is 0 Å². The SMILES string of the molecule is O=C1C=CC(=O)C(C2C=Cc3cccc4cccc2c34)=C1. The molecule has 2 aromatic carbocycles. The first-order valence-electron chi connectivity index (χ1n) is 6.92. The number of carbonyl (C=O) groups is 2. The molecule has 2 nitrogen and oxygen atoms in total. The predicted octanol–water partition coefficient (Wildman–Crippen LogP) is 3.58. The Morgan fingerprint density at radius 1 is 0.857 bits per heavy atom. The van der Waals surface area contributed by atoms with Crippen molar-refractivity contribution < 1.29 is 9.59 Å². The minimum Gasteiger partial charge on any atom is -0.290 e. The molecule has 0 radical (unpaired) electrons. The van der Waals surface area contributed by atoms with E-state index >= 15 is 0 Å². The molecule has 21 heavy (non-hydrogen) atoms. The van der Waals surface area contributed by atoms with Gasteiger partial charge in [-0.3, -0.25) is 9.59 Å². The number of benzene rings is 2. The normalized spacial score (nSPS) is 20.0. The van der Waals surface area contributed by atoms with E-state index in [1.54, 1.807) is 0 Å². The average Bonchev–Trinajstić information content (AvgIpc) is 2.51.